The Balaban J connectivity index is 1.03. The highest BCUT2D eigenvalue weighted by Gasteiger charge is 2.51. The molecule has 0 radical (unpaired) electrons. The molecule has 5 aromatic rings. The van der Waals surface area contributed by atoms with Crippen molar-refractivity contribution in [1.82, 2.24) is 44.9 Å². The van der Waals surface area contributed by atoms with Gasteiger partial charge in [0.15, 0.2) is 11.5 Å². The molecule has 3 aromatic heterocycles. The third-order valence-electron chi connectivity index (χ3n) is 11.9. The third kappa shape index (κ3) is 7.70. The van der Waals surface area contributed by atoms with Crippen molar-refractivity contribution in [2.45, 2.75) is 90.9 Å². The van der Waals surface area contributed by atoms with Crippen LogP contribution in [0.25, 0.3) is 39.1 Å². The van der Waals surface area contributed by atoms with E-state index in [0.717, 1.165) is 39.2 Å². The average Bonchev–Trinajstić information content (AvgIpc) is 4.07. The van der Waals surface area contributed by atoms with E-state index in [4.69, 9.17) is 19.2 Å². The first kappa shape index (κ1) is 42.2. The number of hydrogen-bond donors (Lipinski definition) is 4. The Morgan fingerprint density at radius 3 is 2.08 bits per heavy atom. The van der Waals surface area contributed by atoms with Crippen LogP contribution in [0, 0.1) is 10.8 Å². The number of imidazole rings is 2. The van der Waals surface area contributed by atoms with Crippen LogP contribution < -0.4 is 15.4 Å². The van der Waals surface area contributed by atoms with Crippen molar-refractivity contribution in [3.63, 3.8) is 0 Å². The SMILES string of the molecule is COC(=O)N[C@H](C(=O)N1CC(F)(F)C[C@H]1c1ncc(-c2ccc3c(c2)Oc2ccc(-c4cnc([C@@H]5CCCN5C(=O)[C@@H](NC(=O)OC)C(C)(C)C)[nH]4)c4ccn-3c24)[nH]1)C(C)(C)C. The second kappa shape index (κ2) is 15.5. The first-order valence-corrected chi connectivity index (χ1v) is 20.5. The van der Waals surface area contributed by atoms with E-state index in [-0.39, 0.29) is 17.8 Å². The average molecular weight is 856 g/mol. The molecule has 328 valence electrons. The van der Waals surface area contributed by atoms with E-state index in [1.54, 1.807) is 38.1 Å². The molecule has 6 heterocycles. The summed E-state index contributed by atoms with van der Waals surface area (Å²) in [5.74, 6) is -1.99. The Kier molecular flexibility index (Phi) is 10.5. The summed E-state index contributed by atoms with van der Waals surface area (Å²) < 4.78 is 48.1. The number of halogens is 2. The zero-order valence-electron chi connectivity index (χ0n) is 35.9. The summed E-state index contributed by atoms with van der Waals surface area (Å²) in [6.45, 7) is 10.6. The number of aromatic amines is 2. The van der Waals surface area contributed by atoms with Crippen molar-refractivity contribution in [1.29, 1.82) is 0 Å². The van der Waals surface area contributed by atoms with E-state index in [9.17, 15) is 19.2 Å². The standard InChI is InChI=1S/C44H51F2N9O7/c1-42(2,3)34(51-40(58)60-7)38(56)54-16-9-10-29(54)36-48-21-27(50-36)24-12-14-31-33-25(24)15-17-53(33)28-13-11-23(18-32(28)62-31)26-20-47-37(49-26)30-19-44(45,46)22-55(30)39(57)35(43(4,5)6)52-41(59)61-8/h11-15,17-18,20-21,29-30,34-35H,9-10,16,19,22H2,1-8H3,(H,47,49)(H,48,50)(H,51,58)(H,52,59)/t29-,30-,34+,35+/m0/s1. The molecule has 62 heavy (non-hydrogen) atoms. The van der Waals surface area contributed by atoms with Gasteiger partial charge < -0.3 is 49.2 Å². The minimum atomic E-state index is -3.17. The number of benzene rings is 2. The lowest BCUT2D eigenvalue weighted by Crippen LogP contribution is -2.55. The lowest BCUT2D eigenvalue weighted by molar-refractivity contribution is -0.138. The van der Waals surface area contributed by atoms with Gasteiger partial charge in [-0.1, -0.05) is 47.6 Å². The van der Waals surface area contributed by atoms with E-state index < -0.39 is 65.9 Å². The number of amides is 4. The van der Waals surface area contributed by atoms with Crippen LogP contribution in [0.2, 0.25) is 0 Å². The number of alkyl halides is 2. The van der Waals surface area contributed by atoms with Gasteiger partial charge in [-0.15, -0.1) is 0 Å². The van der Waals surface area contributed by atoms with Crippen molar-refractivity contribution >= 4 is 34.9 Å². The molecule has 18 heteroatoms. The van der Waals surface area contributed by atoms with E-state index in [2.05, 4.69) is 25.6 Å². The Bertz CT molecular complexity index is 2570. The fourth-order valence-corrected chi connectivity index (χ4v) is 8.71. The Morgan fingerprint density at radius 1 is 0.823 bits per heavy atom. The highest BCUT2D eigenvalue weighted by atomic mass is 19.3. The smallest absolute Gasteiger partial charge is 0.407 e. The molecule has 2 aromatic carbocycles. The summed E-state index contributed by atoms with van der Waals surface area (Å²) in [6, 6.07) is 8.20. The fourth-order valence-electron chi connectivity index (χ4n) is 8.71. The zero-order valence-corrected chi connectivity index (χ0v) is 35.9. The quantitative estimate of drug-likeness (QED) is 0.119. The number of H-pyrrole nitrogens is 2. The van der Waals surface area contributed by atoms with Crippen LogP contribution in [0.3, 0.4) is 0 Å². The molecule has 4 N–H and O–H groups in total. The van der Waals surface area contributed by atoms with Gasteiger partial charge in [0.25, 0.3) is 5.92 Å². The molecule has 2 saturated heterocycles. The molecule has 8 rings (SSSR count). The number of likely N-dealkylation sites (tertiary alicyclic amines) is 2. The van der Waals surface area contributed by atoms with E-state index in [1.807, 2.05) is 67.9 Å². The summed E-state index contributed by atoms with van der Waals surface area (Å²) in [4.78, 5) is 70.7. The molecule has 4 amide bonds. The number of alkyl carbamates (subject to hydrolysis) is 2. The van der Waals surface area contributed by atoms with Gasteiger partial charge in [0.1, 0.15) is 23.7 Å². The Morgan fingerprint density at radius 2 is 1.44 bits per heavy atom. The van der Waals surface area contributed by atoms with Gasteiger partial charge >= 0.3 is 12.2 Å². The molecule has 0 aliphatic carbocycles. The summed E-state index contributed by atoms with van der Waals surface area (Å²) in [5.41, 5.74) is 3.17. The minimum absolute atomic E-state index is 0.193. The number of hydrogen-bond acceptors (Lipinski definition) is 9. The van der Waals surface area contributed by atoms with Gasteiger partial charge in [-0.05, 0) is 54.0 Å². The van der Waals surface area contributed by atoms with Crippen LogP contribution in [0.5, 0.6) is 11.5 Å². The number of nitrogens with zero attached hydrogens (tertiary/aromatic N) is 5. The largest absolute Gasteiger partial charge is 0.453 e. The van der Waals surface area contributed by atoms with Gasteiger partial charge in [-0.25, -0.2) is 28.3 Å². The number of nitrogens with one attached hydrogen (secondary N) is 4. The number of fused-ring (bicyclic) bond motifs is 2. The first-order chi connectivity index (χ1) is 29.3. The maximum Gasteiger partial charge on any atom is 0.407 e. The highest BCUT2D eigenvalue weighted by Crippen LogP contribution is 2.46. The third-order valence-corrected chi connectivity index (χ3v) is 11.9. The van der Waals surface area contributed by atoms with Crippen LogP contribution in [-0.2, 0) is 19.1 Å². The summed E-state index contributed by atoms with van der Waals surface area (Å²) in [6.07, 6.45) is 4.65. The molecular weight excluding hydrogens is 805 g/mol. The normalized spacial score (nSPS) is 19.1. The van der Waals surface area contributed by atoms with Crippen molar-refractivity contribution in [2.75, 3.05) is 27.3 Å². The van der Waals surface area contributed by atoms with Crippen LogP contribution >= 0.6 is 0 Å². The van der Waals surface area contributed by atoms with Gasteiger partial charge in [0.2, 0.25) is 11.8 Å². The Labute approximate surface area is 356 Å². The van der Waals surface area contributed by atoms with Gasteiger partial charge in [0, 0.05) is 35.7 Å². The number of aromatic nitrogens is 5. The lowest BCUT2D eigenvalue weighted by atomic mass is 9.85. The predicted molar refractivity (Wildman–Crippen MR) is 224 cm³/mol. The molecule has 3 aliphatic heterocycles. The Hall–Kier alpha value is -6.46. The van der Waals surface area contributed by atoms with Crippen molar-refractivity contribution in [3.05, 3.63) is 66.6 Å². The molecule has 3 aliphatic rings. The van der Waals surface area contributed by atoms with Crippen molar-refractivity contribution < 1.29 is 42.2 Å². The van der Waals surface area contributed by atoms with Gasteiger partial charge in [-0.2, -0.15) is 0 Å². The monoisotopic (exact) mass is 855 g/mol. The topological polar surface area (TPSA) is 189 Å². The molecule has 0 saturated carbocycles. The number of rotatable bonds is 8. The van der Waals surface area contributed by atoms with Crippen LogP contribution in [0.1, 0.15) is 84.5 Å². The molecule has 4 atom stereocenters. The maximum absolute atomic E-state index is 15.0. The second-order valence-electron chi connectivity index (χ2n) is 18.3. The van der Waals surface area contributed by atoms with E-state index in [1.165, 1.54) is 14.2 Å². The number of carbonyl (C=O) groups is 4. The van der Waals surface area contributed by atoms with Crippen LogP contribution in [0.4, 0.5) is 18.4 Å². The summed E-state index contributed by atoms with van der Waals surface area (Å²) in [7, 11) is 2.44. The first-order valence-electron chi connectivity index (χ1n) is 20.5. The van der Waals surface area contributed by atoms with Gasteiger partial charge in [-0.3, -0.25) is 9.59 Å². The lowest BCUT2D eigenvalue weighted by Gasteiger charge is -2.35. The van der Waals surface area contributed by atoms with Gasteiger partial charge in [0.05, 0.1) is 67.8 Å². The van der Waals surface area contributed by atoms with Crippen LogP contribution in [0.15, 0.2) is 55.0 Å². The molecule has 0 bridgehead atoms. The number of ether oxygens (including phenoxy) is 3. The summed E-state index contributed by atoms with van der Waals surface area (Å²) >= 11 is 0. The number of carbonyl (C=O) groups excluding carboxylic acids is 4. The fraction of sp³-hybridized carbons (Fsp3) is 0.455. The second-order valence-corrected chi connectivity index (χ2v) is 18.3. The minimum Gasteiger partial charge on any atom is -0.453 e. The molecule has 2 fully saturated rings. The number of methoxy groups -OCH3 is 2. The molecule has 0 unspecified atom stereocenters. The van der Waals surface area contributed by atoms with E-state index in [0.29, 0.717) is 41.5 Å². The molecular formula is C44H51F2N9O7. The van der Waals surface area contributed by atoms with Crippen molar-refractivity contribution in [3.8, 4) is 39.7 Å². The molecule has 0 spiro atoms. The summed E-state index contributed by atoms with van der Waals surface area (Å²) in [5, 5.41) is 6.17. The van der Waals surface area contributed by atoms with Crippen molar-refractivity contribution in [2.24, 2.45) is 10.8 Å². The zero-order chi connectivity index (χ0) is 44.5. The predicted octanol–water partition coefficient (Wildman–Crippen LogP) is 7.63. The van der Waals surface area contributed by atoms with E-state index >= 15 is 8.78 Å². The maximum atomic E-state index is 15.0. The highest BCUT2D eigenvalue weighted by molar-refractivity contribution is 6.00. The molecule has 16 nitrogen and oxygen atoms in total. The van der Waals surface area contributed by atoms with Crippen LogP contribution in [-0.4, -0.2) is 104 Å².